The van der Waals surface area contributed by atoms with Gasteiger partial charge in [-0.1, -0.05) is 11.6 Å². The van der Waals surface area contributed by atoms with E-state index in [1.165, 1.54) is 47.5 Å². The van der Waals surface area contributed by atoms with Crippen molar-refractivity contribution < 1.29 is 8.42 Å². The molecule has 0 amide bonds. The van der Waals surface area contributed by atoms with Crippen LogP contribution in [0.4, 0.5) is 0 Å². The Morgan fingerprint density at radius 3 is 2.78 bits per heavy atom. The molecule has 2 aromatic rings. The summed E-state index contributed by atoms with van der Waals surface area (Å²) in [7, 11) is -3.84. The quantitative estimate of drug-likeness (QED) is 0.865. The van der Waals surface area contributed by atoms with Crippen LogP contribution in [0.25, 0.3) is 10.9 Å². The Labute approximate surface area is 134 Å². The van der Waals surface area contributed by atoms with Gasteiger partial charge in [-0.15, -0.1) is 0 Å². The minimum absolute atomic E-state index is 0.0726. The molecule has 0 spiro atoms. The molecule has 1 aromatic heterocycles. The van der Waals surface area contributed by atoms with E-state index < -0.39 is 10.0 Å². The molecule has 1 aliphatic carbocycles. The van der Waals surface area contributed by atoms with E-state index >= 15 is 0 Å². The van der Waals surface area contributed by atoms with Gasteiger partial charge in [-0.2, -0.15) is 0 Å². The van der Waals surface area contributed by atoms with Crippen LogP contribution in [-0.2, 0) is 16.6 Å². The number of benzene rings is 1. The predicted molar refractivity (Wildman–Crippen MR) is 88.5 cm³/mol. The molecule has 7 heteroatoms. The van der Waals surface area contributed by atoms with Crippen LogP contribution < -0.4 is 10.7 Å². The molecule has 6 nitrogen and oxygen atoms in total. The highest BCUT2D eigenvalue weighted by Crippen LogP contribution is 2.20. The fourth-order valence-electron chi connectivity index (χ4n) is 2.87. The lowest BCUT2D eigenvalue weighted by Gasteiger charge is -2.13. The van der Waals surface area contributed by atoms with E-state index in [0.29, 0.717) is 12.1 Å². The first-order valence-corrected chi connectivity index (χ1v) is 9.20. The number of nitrogens with two attached hydrogens (primary N) is 1. The lowest BCUT2D eigenvalue weighted by Crippen LogP contribution is -2.22. The maximum atomic E-state index is 12.5. The molecule has 122 valence electrons. The van der Waals surface area contributed by atoms with E-state index in [-0.39, 0.29) is 15.8 Å². The third kappa shape index (κ3) is 3.51. The minimum Gasteiger partial charge on any atom is -0.298 e. The summed E-state index contributed by atoms with van der Waals surface area (Å²) in [5.74, 6) is 0. The molecular weight excluding hydrogens is 314 g/mol. The van der Waals surface area contributed by atoms with Crippen molar-refractivity contribution >= 4 is 20.9 Å². The highest BCUT2D eigenvalue weighted by Gasteiger charge is 2.12. The van der Waals surface area contributed by atoms with Gasteiger partial charge in [0.15, 0.2) is 0 Å². The minimum atomic E-state index is -3.84. The fourth-order valence-corrected chi connectivity index (χ4v) is 3.41. The molecule has 3 rings (SSSR count). The van der Waals surface area contributed by atoms with Crippen molar-refractivity contribution in [1.82, 2.24) is 9.55 Å². The van der Waals surface area contributed by atoms with Crippen LogP contribution in [0.15, 0.2) is 45.9 Å². The van der Waals surface area contributed by atoms with Gasteiger partial charge in [-0.3, -0.25) is 9.36 Å². The van der Waals surface area contributed by atoms with Crippen molar-refractivity contribution in [3.05, 3.63) is 46.5 Å². The number of allylic oxidation sites excluding steroid dienone is 2. The first-order valence-electron chi connectivity index (χ1n) is 7.65. The molecule has 0 atom stereocenters. The lowest BCUT2D eigenvalue weighted by molar-refractivity contribution is 0.598. The second-order valence-electron chi connectivity index (χ2n) is 5.83. The van der Waals surface area contributed by atoms with Gasteiger partial charge in [-0.05, 0) is 50.3 Å². The van der Waals surface area contributed by atoms with Gasteiger partial charge in [0.05, 0.1) is 22.1 Å². The van der Waals surface area contributed by atoms with E-state index in [4.69, 9.17) is 5.14 Å². The molecule has 0 aliphatic heterocycles. The third-order valence-electron chi connectivity index (χ3n) is 4.18. The van der Waals surface area contributed by atoms with Gasteiger partial charge in [0.2, 0.25) is 10.0 Å². The summed E-state index contributed by atoms with van der Waals surface area (Å²) in [5, 5.41) is 5.40. The van der Waals surface area contributed by atoms with Crippen molar-refractivity contribution in [2.75, 3.05) is 0 Å². The smallest absolute Gasteiger partial charge is 0.261 e. The van der Waals surface area contributed by atoms with Gasteiger partial charge in [-0.25, -0.2) is 18.5 Å². The number of aromatic nitrogens is 2. The van der Waals surface area contributed by atoms with Gasteiger partial charge >= 0.3 is 0 Å². The normalized spacial score (nSPS) is 15.6. The number of aryl methyl sites for hydroxylation is 1. The summed E-state index contributed by atoms with van der Waals surface area (Å²) in [5.41, 5.74) is 1.61. The van der Waals surface area contributed by atoms with Crippen LogP contribution in [0.2, 0.25) is 0 Å². The summed E-state index contributed by atoms with van der Waals surface area (Å²) in [6.45, 7) is 0.549. The average molecular weight is 333 g/mol. The van der Waals surface area contributed by atoms with Crippen LogP contribution in [0, 0.1) is 0 Å². The molecule has 0 saturated carbocycles. The summed E-state index contributed by atoms with van der Waals surface area (Å²) < 4.78 is 24.4. The summed E-state index contributed by atoms with van der Waals surface area (Å²) >= 11 is 0. The summed E-state index contributed by atoms with van der Waals surface area (Å²) in [6.07, 6.45) is 9.23. The van der Waals surface area contributed by atoms with Crippen LogP contribution >= 0.6 is 0 Å². The van der Waals surface area contributed by atoms with Crippen LogP contribution in [0.3, 0.4) is 0 Å². The van der Waals surface area contributed by atoms with E-state index in [1.807, 2.05) is 0 Å². The highest BCUT2D eigenvalue weighted by atomic mass is 32.2. The van der Waals surface area contributed by atoms with Gasteiger partial charge in [0.1, 0.15) is 0 Å². The van der Waals surface area contributed by atoms with Crippen molar-refractivity contribution in [3.63, 3.8) is 0 Å². The largest absolute Gasteiger partial charge is 0.298 e. The molecular formula is C16H19N3O3S. The average Bonchev–Trinajstić information content (AvgIpc) is 2.54. The maximum Gasteiger partial charge on any atom is 0.261 e. The third-order valence-corrected chi connectivity index (χ3v) is 5.09. The van der Waals surface area contributed by atoms with Crippen molar-refractivity contribution in [1.29, 1.82) is 0 Å². The molecule has 23 heavy (non-hydrogen) atoms. The molecule has 1 aliphatic rings. The molecule has 0 bridgehead atoms. The highest BCUT2D eigenvalue weighted by molar-refractivity contribution is 7.89. The Kier molecular flexibility index (Phi) is 4.32. The zero-order valence-corrected chi connectivity index (χ0v) is 13.6. The second-order valence-corrected chi connectivity index (χ2v) is 7.39. The molecule has 0 fully saturated rings. The Hall–Kier alpha value is -1.99. The number of rotatable bonds is 4. The summed E-state index contributed by atoms with van der Waals surface area (Å²) in [6, 6.07) is 4.17. The van der Waals surface area contributed by atoms with Crippen LogP contribution in [0.1, 0.15) is 32.1 Å². The first kappa shape index (κ1) is 15.9. The molecule has 1 aromatic carbocycles. The van der Waals surface area contributed by atoms with Gasteiger partial charge in [0.25, 0.3) is 5.56 Å². The van der Waals surface area contributed by atoms with E-state index in [2.05, 4.69) is 11.1 Å². The van der Waals surface area contributed by atoms with Crippen LogP contribution in [0.5, 0.6) is 0 Å². The molecule has 1 heterocycles. The van der Waals surface area contributed by atoms with E-state index in [0.717, 1.165) is 19.3 Å². The second kappa shape index (κ2) is 6.25. The SMILES string of the molecule is NS(=O)(=O)c1ccc2ncn(CCC3=CCCCC3)c(=O)c2c1. The number of hydrogen-bond acceptors (Lipinski definition) is 4. The number of fused-ring (bicyclic) bond motifs is 1. The van der Waals surface area contributed by atoms with Crippen LogP contribution in [-0.4, -0.2) is 18.0 Å². The Bertz CT molecular complexity index is 929. The standard InChI is InChI=1S/C16H19N3O3S/c17-23(21,22)13-6-7-15-14(10-13)16(20)19(11-18-15)9-8-12-4-2-1-3-5-12/h4,6-7,10-11H,1-3,5,8-9H2,(H2,17,21,22). The topological polar surface area (TPSA) is 95.1 Å². The number of sulfonamides is 1. The zero-order valence-electron chi connectivity index (χ0n) is 12.7. The number of primary sulfonamides is 1. The molecule has 0 saturated heterocycles. The monoisotopic (exact) mass is 333 g/mol. The number of nitrogens with zero attached hydrogens (tertiary/aromatic N) is 2. The van der Waals surface area contributed by atoms with Gasteiger partial charge < -0.3 is 0 Å². The van der Waals surface area contributed by atoms with Crippen molar-refractivity contribution in [2.45, 2.75) is 43.5 Å². The van der Waals surface area contributed by atoms with Crippen molar-refractivity contribution in [2.24, 2.45) is 5.14 Å². The lowest BCUT2D eigenvalue weighted by atomic mass is 9.97. The number of hydrogen-bond donors (Lipinski definition) is 1. The first-order chi connectivity index (χ1) is 10.9. The predicted octanol–water partition coefficient (Wildman–Crippen LogP) is 1.93. The molecule has 2 N–H and O–H groups in total. The zero-order chi connectivity index (χ0) is 16.4. The molecule has 0 unspecified atom stereocenters. The van der Waals surface area contributed by atoms with E-state index in [9.17, 15) is 13.2 Å². The maximum absolute atomic E-state index is 12.5. The Balaban J connectivity index is 1.94. The van der Waals surface area contributed by atoms with Gasteiger partial charge in [0, 0.05) is 6.54 Å². The Morgan fingerprint density at radius 1 is 1.26 bits per heavy atom. The van der Waals surface area contributed by atoms with E-state index in [1.54, 1.807) is 0 Å². The summed E-state index contributed by atoms with van der Waals surface area (Å²) in [4.78, 5) is 16.7. The molecule has 0 radical (unpaired) electrons. The fraction of sp³-hybridized carbons (Fsp3) is 0.375. The Morgan fingerprint density at radius 2 is 2.09 bits per heavy atom. The van der Waals surface area contributed by atoms with Crippen molar-refractivity contribution in [3.8, 4) is 0 Å².